The molecule has 22 heavy (non-hydrogen) atoms. The normalized spacial score (nSPS) is 21.5. The Morgan fingerprint density at radius 1 is 1.27 bits per heavy atom. The molecule has 0 bridgehead atoms. The third-order valence-electron chi connectivity index (χ3n) is 4.06. The number of anilines is 1. The highest BCUT2D eigenvalue weighted by molar-refractivity contribution is 5.84. The van der Waals surface area contributed by atoms with Crippen molar-refractivity contribution in [2.45, 2.75) is 37.6 Å². The van der Waals surface area contributed by atoms with E-state index in [1.54, 1.807) is 6.33 Å². The van der Waals surface area contributed by atoms with Crippen LogP contribution in [0.2, 0.25) is 0 Å². The third kappa shape index (κ3) is 3.05. The molecule has 0 aromatic carbocycles. The fourth-order valence-electron chi connectivity index (χ4n) is 2.88. The van der Waals surface area contributed by atoms with Crippen molar-refractivity contribution >= 4 is 11.8 Å². The van der Waals surface area contributed by atoms with Crippen LogP contribution in [0, 0.1) is 0 Å². The maximum Gasteiger partial charge on any atom is 0.356 e. The highest BCUT2D eigenvalue weighted by Gasteiger charge is 2.25. The lowest BCUT2D eigenvalue weighted by Gasteiger charge is -2.28. The monoisotopic (exact) mass is 302 g/mol. The van der Waals surface area contributed by atoms with Crippen molar-refractivity contribution < 1.29 is 9.90 Å². The van der Waals surface area contributed by atoms with Gasteiger partial charge in [0.15, 0.2) is 5.69 Å². The maximum absolute atomic E-state index is 10.7. The number of hydrogen-bond donors (Lipinski definition) is 2. The number of hydrogen-bond acceptors (Lipinski definition) is 6. The molecule has 8 heteroatoms. The minimum Gasteiger partial charge on any atom is -0.476 e. The largest absolute Gasteiger partial charge is 0.476 e. The van der Waals surface area contributed by atoms with E-state index in [1.807, 2.05) is 11.6 Å². The molecule has 1 fully saturated rings. The average molecular weight is 302 g/mol. The molecule has 1 saturated carbocycles. The average Bonchev–Trinajstić information content (AvgIpc) is 2.95. The van der Waals surface area contributed by atoms with Gasteiger partial charge in [0.05, 0.1) is 12.4 Å². The van der Waals surface area contributed by atoms with Gasteiger partial charge in [0.1, 0.15) is 18.0 Å². The van der Waals surface area contributed by atoms with Gasteiger partial charge in [-0.2, -0.15) is 0 Å². The van der Waals surface area contributed by atoms with Gasteiger partial charge in [0.2, 0.25) is 0 Å². The van der Waals surface area contributed by atoms with Gasteiger partial charge in [0, 0.05) is 19.0 Å². The summed E-state index contributed by atoms with van der Waals surface area (Å²) in [5.74, 6) is 1.05. The van der Waals surface area contributed by atoms with Crippen LogP contribution in [-0.4, -0.2) is 41.9 Å². The van der Waals surface area contributed by atoms with Crippen molar-refractivity contribution in [2.75, 3.05) is 5.32 Å². The van der Waals surface area contributed by atoms with Gasteiger partial charge >= 0.3 is 5.97 Å². The van der Waals surface area contributed by atoms with E-state index in [4.69, 9.17) is 5.11 Å². The molecule has 0 spiro atoms. The van der Waals surface area contributed by atoms with Crippen LogP contribution in [0.15, 0.2) is 18.7 Å². The van der Waals surface area contributed by atoms with Gasteiger partial charge in [-0.15, -0.1) is 10.2 Å². The number of nitrogens with one attached hydrogen (secondary N) is 1. The summed E-state index contributed by atoms with van der Waals surface area (Å²) in [5, 5.41) is 20.2. The van der Waals surface area contributed by atoms with Crippen molar-refractivity contribution in [1.82, 2.24) is 24.7 Å². The molecule has 2 heterocycles. The Hall–Kier alpha value is -2.51. The molecule has 0 atom stereocenters. The predicted molar refractivity (Wildman–Crippen MR) is 78.6 cm³/mol. The third-order valence-corrected chi connectivity index (χ3v) is 4.06. The standard InChI is InChI=1S/C14H18N6O2/c1-20-8-17-19-13(20)9-2-4-10(5-3-9)18-12-7-15-11(6-16-12)14(21)22/h6-10H,2-5H2,1H3,(H,16,18)(H,21,22). The molecule has 8 nitrogen and oxygen atoms in total. The van der Waals surface area contributed by atoms with Gasteiger partial charge in [-0.25, -0.2) is 14.8 Å². The van der Waals surface area contributed by atoms with Crippen molar-refractivity contribution in [1.29, 1.82) is 0 Å². The molecule has 1 aliphatic rings. The zero-order valence-electron chi connectivity index (χ0n) is 12.3. The second-order valence-corrected chi connectivity index (χ2v) is 5.58. The number of carboxylic acids is 1. The van der Waals surface area contributed by atoms with Crippen LogP contribution in [-0.2, 0) is 7.05 Å². The van der Waals surface area contributed by atoms with Crippen molar-refractivity contribution in [2.24, 2.45) is 7.05 Å². The summed E-state index contributed by atoms with van der Waals surface area (Å²) >= 11 is 0. The first kappa shape index (κ1) is 14.4. The van der Waals surface area contributed by atoms with Gasteiger partial charge in [0.25, 0.3) is 0 Å². The smallest absolute Gasteiger partial charge is 0.356 e. The molecule has 0 radical (unpaired) electrons. The summed E-state index contributed by atoms with van der Waals surface area (Å²) in [7, 11) is 1.97. The Balaban J connectivity index is 1.55. The first-order valence-corrected chi connectivity index (χ1v) is 7.29. The summed E-state index contributed by atoms with van der Waals surface area (Å²) in [4.78, 5) is 18.7. The van der Waals surface area contributed by atoms with E-state index in [0.717, 1.165) is 31.5 Å². The van der Waals surface area contributed by atoms with E-state index in [2.05, 4.69) is 25.5 Å². The van der Waals surface area contributed by atoms with E-state index >= 15 is 0 Å². The van der Waals surface area contributed by atoms with Crippen LogP contribution in [0.1, 0.15) is 47.9 Å². The van der Waals surface area contributed by atoms with E-state index in [-0.39, 0.29) is 5.69 Å². The topological polar surface area (TPSA) is 106 Å². The Bertz CT molecular complexity index is 646. The van der Waals surface area contributed by atoms with Gasteiger partial charge in [-0.05, 0) is 25.7 Å². The molecule has 0 aliphatic heterocycles. The maximum atomic E-state index is 10.7. The fourth-order valence-corrected chi connectivity index (χ4v) is 2.88. The summed E-state index contributed by atoms with van der Waals surface area (Å²) < 4.78 is 1.98. The summed E-state index contributed by atoms with van der Waals surface area (Å²) in [6.45, 7) is 0. The van der Waals surface area contributed by atoms with Crippen LogP contribution in [0.25, 0.3) is 0 Å². The van der Waals surface area contributed by atoms with Crippen LogP contribution in [0.3, 0.4) is 0 Å². The SMILES string of the molecule is Cn1cnnc1C1CCC(Nc2cnc(C(=O)O)cn2)CC1. The van der Waals surface area contributed by atoms with Crippen LogP contribution >= 0.6 is 0 Å². The summed E-state index contributed by atoms with van der Waals surface area (Å²) in [6.07, 6.45) is 8.60. The Morgan fingerprint density at radius 3 is 2.59 bits per heavy atom. The second-order valence-electron chi connectivity index (χ2n) is 5.58. The molecule has 2 N–H and O–H groups in total. The highest BCUT2D eigenvalue weighted by Crippen LogP contribution is 2.32. The number of carboxylic acid groups (broad SMARTS) is 1. The van der Waals surface area contributed by atoms with Crippen LogP contribution in [0.5, 0.6) is 0 Å². The molecular weight excluding hydrogens is 284 g/mol. The van der Waals surface area contributed by atoms with Gasteiger partial charge in [-0.1, -0.05) is 0 Å². The minimum atomic E-state index is -1.07. The number of aromatic nitrogens is 5. The number of nitrogens with zero attached hydrogens (tertiary/aromatic N) is 5. The number of rotatable bonds is 4. The summed E-state index contributed by atoms with van der Waals surface area (Å²) in [5.41, 5.74) is -0.0449. The lowest BCUT2D eigenvalue weighted by molar-refractivity contribution is 0.0690. The van der Waals surface area contributed by atoms with Crippen LogP contribution in [0.4, 0.5) is 5.82 Å². The van der Waals surface area contributed by atoms with E-state index in [0.29, 0.717) is 17.8 Å². The Kier molecular flexibility index (Phi) is 3.99. The Morgan fingerprint density at radius 2 is 2.05 bits per heavy atom. The number of aromatic carboxylic acids is 1. The van der Waals surface area contributed by atoms with Crippen molar-refractivity contribution in [3.8, 4) is 0 Å². The summed E-state index contributed by atoms with van der Waals surface area (Å²) in [6, 6.07) is 0.328. The second kappa shape index (κ2) is 6.08. The number of carbonyl (C=O) groups is 1. The van der Waals surface area contributed by atoms with E-state index in [1.165, 1.54) is 12.4 Å². The predicted octanol–water partition coefficient (Wildman–Crippen LogP) is 1.44. The van der Waals surface area contributed by atoms with Gasteiger partial charge < -0.3 is 15.0 Å². The fraction of sp³-hybridized carbons (Fsp3) is 0.500. The van der Waals surface area contributed by atoms with Crippen molar-refractivity contribution in [3.05, 3.63) is 30.2 Å². The zero-order valence-corrected chi connectivity index (χ0v) is 12.3. The molecule has 2 aromatic heterocycles. The quantitative estimate of drug-likeness (QED) is 0.880. The van der Waals surface area contributed by atoms with Crippen LogP contribution < -0.4 is 5.32 Å². The molecule has 1 aliphatic carbocycles. The molecule has 116 valence electrons. The zero-order chi connectivity index (χ0) is 15.5. The van der Waals surface area contributed by atoms with E-state index < -0.39 is 5.97 Å². The van der Waals surface area contributed by atoms with Crippen molar-refractivity contribution in [3.63, 3.8) is 0 Å². The molecule has 3 rings (SSSR count). The molecule has 0 unspecified atom stereocenters. The number of aryl methyl sites for hydroxylation is 1. The first-order valence-electron chi connectivity index (χ1n) is 7.29. The lowest BCUT2D eigenvalue weighted by atomic mass is 9.85. The van der Waals surface area contributed by atoms with Gasteiger partial charge in [-0.3, -0.25) is 0 Å². The first-order chi connectivity index (χ1) is 10.6. The Labute approximate surface area is 127 Å². The van der Waals surface area contributed by atoms with E-state index in [9.17, 15) is 4.79 Å². The molecule has 2 aromatic rings. The molecular formula is C14H18N6O2. The lowest BCUT2D eigenvalue weighted by Crippen LogP contribution is -2.26. The minimum absolute atomic E-state index is 0.0449. The molecule has 0 saturated heterocycles. The molecule has 0 amide bonds. The highest BCUT2D eigenvalue weighted by atomic mass is 16.4.